The first kappa shape index (κ1) is 8.60. The molecule has 62 valence electrons. The molecule has 1 aromatic carbocycles. The van der Waals surface area contributed by atoms with Crippen LogP contribution in [-0.4, -0.2) is 0 Å². The van der Waals surface area contributed by atoms with E-state index in [0.29, 0.717) is 6.61 Å². The van der Waals surface area contributed by atoms with Crippen LogP contribution in [-0.2, 0) is 11.3 Å². The summed E-state index contributed by atoms with van der Waals surface area (Å²) in [6.07, 6.45) is 3.26. The van der Waals surface area contributed by atoms with E-state index in [1.807, 2.05) is 30.3 Å². The zero-order chi connectivity index (χ0) is 8.81. The molecule has 0 atom stereocenters. The summed E-state index contributed by atoms with van der Waals surface area (Å²) in [6, 6.07) is 8.05. The van der Waals surface area contributed by atoms with Gasteiger partial charge in [-0.3, -0.25) is 0 Å². The zero-order valence-corrected chi connectivity index (χ0v) is 6.99. The third-order valence-electron chi connectivity index (χ3n) is 1.58. The molecule has 1 heteroatoms. The van der Waals surface area contributed by atoms with Crippen LogP contribution >= 0.6 is 0 Å². The number of benzene rings is 1. The predicted octanol–water partition coefficient (Wildman–Crippen LogP) is 2.99. The molecule has 0 amide bonds. The molecule has 1 nitrogen and oxygen atoms in total. The van der Waals surface area contributed by atoms with Crippen molar-refractivity contribution in [1.29, 1.82) is 0 Å². The van der Waals surface area contributed by atoms with Crippen molar-refractivity contribution in [3.05, 3.63) is 54.8 Å². The Morgan fingerprint density at radius 3 is 2.33 bits per heavy atom. The van der Waals surface area contributed by atoms with Crippen molar-refractivity contribution in [1.82, 2.24) is 0 Å². The quantitative estimate of drug-likeness (QED) is 0.615. The van der Waals surface area contributed by atoms with Crippen molar-refractivity contribution >= 4 is 6.08 Å². The van der Waals surface area contributed by atoms with Gasteiger partial charge < -0.3 is 4.74 Å². The van der Waals surface area contributed by atoms with E-state index >= 15 is 0 Å². The molecular formula is C11H12O. The first-order valence-corrected chi connectivity index (χ1v) is 3.80. The summed E-state index contributed by atoms with van der Waals surface area (Å²) in [5.74, 6) is 0. The molecule has 12 heavy (non-hydrogen) atoms. The van der Waals surface area contributed by atoms with Crippen molar-refractivity contribution in [2.45, 2.75) is 6.61 Å². The predicted molar refractivity (Wildman–Crippen MR) is 51.5 cm³/mol. The maximum atomic E-state index is 5.03. The van der Waals surface area contributed by atoms with Gasteiger partial charge in [0.2, 0.25) is 0 Å². The lowest BCUT2D eigenvalue weighted by molar-refractivity contribution is 0.237. The molecule has 0 saturated carbocycles. The van der Waals surface area contributed by atoms with E-state index in [0.717, 1.165) is 11.1 Å². The van der Waals surface area contributed by atoms with E-state index in [1.54, 1.807) is 0 Å². The summed E-state index contributed by atoms with van der Waals surface area (Å²) in [4.78, 5) is 0. The molecule has 0 saturated heterocycles. The van der Waals surface area contributed by atoms with Crippen LogP contribution in [0.25, 0.3) is 6.08 Å². The highest BCUT2D eigenvalue weighted by Crippen LogP contribution is 2.06. The van der Waals surface area contributed by atoms with Crippen molar-refractivity contribution in [2.75, 3.05) is 0 Å². The molecule has 0 fully saturated rings. The Bertz CT molecular complexity index is 259. The number of hydrogen-bond acceptors (Lipinski definition) is 1. The maximum Gasteiger partial charge on any atom is 0.112 e. The van der Waals surface area contributed by atoms with Gasteiger partial charge >= 0.3 is 0 Å². The molecule has 0 unspecified atom stereocenters. The second-order valence-electron chi connectivity index (χ2n) is 2.42. The van der Waals surface area contributed by atoms with E-state index < -0.39 is 0 Å². The molecule has 0 aliphatic rings. The lowest BCUT2D eigenvalue weighted by Gasteiger charge is -2.00. The van der Waals surface area contributed by atoms with Gasteiger partial charge in [0.05, 0.1) is 6.26 Å². The van der Waals surface area contributed by atoms with E-state index in [1.165, 1.54) is 6.26 Å². The first-order valence-electron chi connectivity index (χ1n) is 3.80. The zero-order valence-electron chi connectivity index (χ0n) is 6.99. The van der Waals surface area contributed by atoms with E-state index in [2.05, 4.69) is 13.2 Å². The molecule has 0 aliphatic carbocycles. The Labute approximate surface area is 73.0 Å². The summed E-state index contributed by atoms with van der Waals surface area (Å²) in [5.41, 5.74) is 2.26. The summed E-state index contributed by atoms with van der Waals surface area (Å²) < 4.78 is 5.03. The first-order chi connectivity index (χ1) is 5.86. The fraction of sp³-hybridized carbons (Fsp3) is 0.0909. The Balaban J connectivity index is 2.64. The minimum Gasteiger partial charge on any atom is -0.497 e. The average Bonchev–Trinajstić information content (AvgIpc) is 2.15. The number of ether oxygens (including phenoxy) is 1. The molecule has 0 N–H and O–H groups in total. The monoisotopic (exact) mass is 160 g/mol. The van der Waals surface area contributed by atoms with Gasteiger partial charge in [0, 0.05) is 0 Å². The standard InChI is InChI=1S/C11H12O/c1-3-10-5-7-11(8-6-10)9-12-4-2/h3-8H,1-2,9H2. The van der Waals surface area contributed by atoms with Gasteiger partial charge in [-0.05, 0) is 11.1 Å². The summed E-state index contributed by atoms with van der Waals surface area (Å²) >= 11 is 0. The second-order valence-corrected chi connectivity index (χ2v) is 2.42. The molecule has 0 aromatic heterocycles. The van der Waals surface area contributed by atoms with Crippen molar-refractivity contribution in [3.8, 4) is 0 Å². The van der Waals surface area contributed by atoms with Gasteiger partial charge in [-0.15, -0.1) is 0 Å². The van der Waals surface area contributed by atoms with Gasteiger partial charge in [-0.25, -0.2) is 0 Å². The minimum atomic E-state index is 0.584. The van der Waals surface area contributed by atoms with Crippen LogP contribution in [0.4, 0.5) is 0 Å². The summed E-state index contributed by atoms with van der Waals surface area (Å²) in [5, 5.41) is 0. The van der Waals surface area contributed by atoms with Crippen molar-refractivity contribution < 1.29 is 4.74 Å². The number of rotatable bonds is 4. The van der Waals surface area contributed by atoms with Gasteiger partial charge in [0.1, 0.15) is 6.61 Å². The smallest absolute Gasteiger partial charge is 0.112 e. The molecule has 1 aromatic rings. The Hall–Kier alpha value is -1.50. The Morgan fingerprint density at radius 2 is 1.83 bits per heavy atom. The van der Waals surface area contributed by atoms with E-state index in [4.69, 9.17) is 4.74 Å². The van der Waals surface area contributed by atoms with Gasteiger partial charge in [-0.2, -0.15) is 0 Å². The van der Waals surface area contributed by atoms with E-state index in [-0.39, 0.29) is 0 Å². The van der Waals surface area contributed by atoms with Crippen molar-refractivity contribution in [2.24, 2.45) is 0 Å². The molecule has 0 spiro atoms. The van der Waals surface area contributed by atoms with Crippen LogP contribution in [0.5, 0.6) is 0 Å². The molecule has 0 radical (unpaired) electrons. The third-order valence-corrected chi connectivity index (χ3v) is 1.58. The fourth-order valence-corrected chi connectivity index (χ4v) is 0.905. The summed E-state index contributed by atoms with van der Waals surface area (Å²) in [7, 11) is 0. The third kappa shape index (κ3) is 2.27. The largest absolute Gasteiger partial charge is 0.497 e. The molecule has 0 bridgehead atoms. The fourth-order valence-electron chi connectivity index (χ4n) is 0.905. The highest BCUT2D eigenvalue weighted by Gasteiger charge is 1.90. The molecule has 0 heterocycles. The van der Waals surface area contributed by atoms with Crippen LogP contribution < -0.4 is 0 Å². The summed E-state index contributed by atoms with van der Waals surface area (Å²) in [6.45, 7) is 7.73. The molecule has 0 aliphatic heterocycles. The van der Waals surface area contributed by atoms with Crippen LogP contribution in [0.3, 0.4) is 0 Å². The van der Waals surface area contributed by atoms with Crippen LogP contribution in [0, 0.1) is 0 Å². The highest BCUT2D eigenvalue weighted by molar-refractivity contribution is 5.47. The van der Waals surface area contributed by atoms with Gasteiger partial charge in [0.15, 0.2) is 0 Å². The van der Waals surface area contributed by atoms with Crippen LogP contribution in [0.1, 0.15) is 11.1 Å². The van der Waals surface area contributed by atoms with Crippen molar-refractivity contribution in [3.63, 3.8) is 0 Å². The highest BCUT2D eigenvalue weighted by atomic mass is 16.5. The van der Waals surface area contributed by atoms with Crippen LogP contribution in [0.15, 0.2) is 43.7 Å². The van der Waals surface area contributed by atoms with Gasteiger partial charge in [0.25, 0.3) is 0 Å². The minimum absolute atomic E-state index is 0.584. The lowest BCUT2D eigenvalue weighted by Crippen LogP contribution is -1.85. The van der Waals surface area contributed by atoms with Gasteiger partial charge in [-0.1, -0.05) is 43.5 Å². The molecular weight excluding hydrogens is 148 g/mol. The number of hydrogen-bond donors (Lipinski definition) is 0. The second kappa shape index (κ2) is 4.39. The Morgan fingerprint density at radius 1 is 1.17 bits per heavy atom. The topological polar surface area (TPSA) is 9.23 Å². The normalized spacial score (nSPS) is 9.00. The SMILES string of the molecule is C=COCc1ccc(C=C)cc1. The van der Waals surface area contributed by atoms with E-state index in [9.17, 15) is 0 Å². The van der Waals surface area contributed by atoms with Crippen LogP contribution in [0.2, 0.25) is 0 Å². The maximum absolute atomic E-state index is 5.03. The molecule has 1 rings (SSSR count). The average molecular weight is 160 g/mol. The lowest BCUT2D eigenvalue weighted by atomic mass is 10.1. The Kier molecular flexibility index (Phi) is 3.15.